The first-order chi connectivity index (χ1) is 12.0. The third-order valence-electron chi connectivity index (χ3n) is 4.70. The molecule has 25 heavy (non-hydrogen) atoms. The van der Waals surface area contributed by atoms with E-state index in [-0.39, 0.29) is 18.5 Å². The normalized spacial score (nSPS) is 22.1. The van der Waals surface area contributed by atoms with E-state index in [1.165, 1.54) is 0 Å². The van der Waals surface area contributed by atoms with E-state index in [1.807, 2.05) is 43.3 Å². The van der Waals surface area contributed by atoms with Gasteiger partial charge >= 0.3 is 5.97 Å². The van der Waals surface area contributed by atoms with Crippen LogP contribution in [0.5, 0.6) is 0 Å². The van der Waals surface area contributed by atoms with E-state index < -0.39 is 5.41 Å². The molecule has 1 fully saturated rings. The number of carbonyl (C=O) groups excluding carboxylic acids is 1. The van der Waals surface area contributed by atoms with Gasteiger partial charge in [0.25, 0.3) is 0 Å². The van der Waals surface area contributed by atoms with Crippen molar-refractivity contribution in [3.63, 3.8) is 0 Å². The first kappa shape index (κ1) is 16.8. The summed E-state index contributed by atoms with van der Waals surface area (Å²) in [6.45, 7) is 2.28. The second-order valence-corrected chi connectivity index (χ2v) is 7.73. The van der Waals surface area contributed by atoms with Gasteiger partial charge in [-0.3, -0.25) is 4.79 Å². The molecular weight excluding hydrogens is 453 g/mol. The highest BCUT2D eigenvalue weighted by Crippen LogP contribution is 2.54. The number of esters is 1. The van der Waals surface area contributed by atoms with Crippen LogP contribution in [0.25, 0.3) is 5.52 Å². The van der Waals surface area contributed by atoms with Gasteiger partial charge < -0.3 is 4.74 Å². The van der Waals surface area contributed by atoms with Crippen molar-refractivity contribution in [2.75, 3.05) is 0 Å². The number of nitrogens with zero attached hydrogens (tertiary/aromatic N) is 3. The Bertz CT molecular complexity index is 960. The number of imidazole rings is 1. The third-order valence-corrected chi connectivity index (χ3v) is 5.70. The highest BCUT2D eigenvalue weighted by atomic mass is 127. The second-order valence-electron chi connectivity index (χ2n) is 6.32. The molecule has 2 aromatic heterocycles. The van der Waals surface area contributed by atoms with E-state index >= 15 is 0 Å². The Labute approximate surface area is 163 Å². The van der Waals surface area contributed by atoms with Gasteiger partial charge in [0, 0.05) is 0 Å². The summed E-state index contributed by atoms with van der Waals surface area (Å²) in [5.74, 6) is 0.506. The van der Waals surface area contributed by atoms with E-state index in [0.717, 1.165) is 14.8 Å². The van der Waals surface area contributed by atoms with Gasteiger partial charge in [0.2, 0.25) is 0 Å². The van der Waals surface area contributed by atoms with Crippen molar-refractivity contribution in [2.24, 2.45) is 5.92 Å². The molecule has 0 aliphatic heterocycles. The molecule has 0 saturated heterocycles. The Morgan fingerprint density at radius 3 is 2.76 bits per heavy atom. The zero-order valence-electron chi connectivity index (χ0n) is 13.4. The Morgan fingerprint density at radius 2 is 2.08 bits per heavy atom. The van der Waals surface area contributed by atoms with Crippen LogP contribution in [0.1, 0.15) is 24.7 Å². The van der Waals surface area contributed by atoms with E-state index in [0.29, 0.717) is 17.4 Å². The fraction of sp³-hybridized carbons (Fsp3) is 0.278. The lowest BCUT2D eigenvalue weighted by Gasteiger charge is -2.14. The number of aromatic nitrogens is 3. The maximum Gasteiger partial charge on any atom is 0.320 e. The zero-order chi connectivity index (χ0) is 17.6. The standard InChI is InChI=1S/C18H15ClIN3O2/c1-11-9-18(11,17(24)25-10-12-5-3-2-4-6-12)16-21-15(20)13-7-8-14(19)22-23(13)16/h2-8,11H,9-10H2,1H3/t11-,18+/m0/s1. The van der Waals surface area contributed by atoms with E-state index in [4.69, 9.17) is 16.3 Å². The smallest absolute Gasteiger partial charge is 0.320 e. The topological polar surface area (TPSA) is 56.5 Å². The number of ether oxygens (including phenoxy) is 1. The van der Waals surface area contributed by atoms with Crippen molar-refractivity contribution < 1.29 is 9.53 Å². The van der Waals surface area contributed by atoms with Crippen molar-refractivity contribution in [3.05, 3.63) is 62.7 Å². The molecule has 2 heterocycles. The summed E-state index contributed by atoms with van der Waals surface area (Å²) in [5.41, 5.74) is 1.05. The Hall–Kier alpha value is -1.67. The Kier molecular flexibility index (Phi) is 4.19. The quantitative estimate of drug-likeness (QED) is 0.430. The van der Waals surface area contributed by atoms with Gasteiger partial charge in [-0.05, 0) is 52.6 Å². The van der Waals surface area contributed by atoms with Gasteiger partial charge in [0.05, 0.1) is 5.52 Å². The molecule has 1 saturated carbocycles. The minimum Gasteiger partial charge on any atom is -0.460 e. The van der Waals surface area contributed by atoms with Gasteiger partial charge in [-0.15, -0.1) is 0 Å². The van der Waals surface area contributed by atoms with Crippen LogP contribution in [0.4, 0.5) is 0 Å². The van der Waals surface area contributed by atoms with Crippen LogP contribution in [-0.4, -0.2) is 20.6 Å². The van der Waals surface area contributed by atoms with Crippen molar-refractivity contribution in [1.29, 1.82) is 0 Å². The number of hydrogen-bond acceptors (Lipinski definition) is 4. The zero-order valence-corrected chi connectivity index (χ0v) is 16.4. The Balaban J connectivity index is 1.68. The van der Waals surface area contributed by atoms with Crippen molar-refractivity contribution in [1.82, 2.24) is 14.6 Å². The maximum atomic E-state index is 12.9. The third kappa shape index (κ3) is 2.81. The lowest BCUT2D eigenvalue weighted by Crippen LogP contribution is -2.28. The minimum atomic E-state index is -0.751. The van der Waals surface area contributed by atoms with Crippen molar-refractivity contribution in [2.45, 2.75) is 25.4 Å². The van der Waals surface area contributed by atoms with Crippen LogP contribution in [-0.2, 0) is 21.6 Å². The van der Waals surface area contributed by atoms with Gasteiger partial charge in [-0.1, -0.05) is 48.9 Å². The Morgan fingerprint density at radius 1 is 1.36 bits per heavy atom. The molecule has 0 unspecified atom stereocenters. The second kappa shape index (κ2) is 6.25. The molecular formula is C18H15ClIN3O2. The molecule has 0 spiro atoms. The number of hydrogen-bond donors (Lipinski definition) is 0. The van der Waals surface area contributed by atoms with Crippen LogP contribution in [0.15, 0.2) is 42.5 Å². The first-order valence-electron chi connectivity index (χ1n) is 7.95. The van der Waals surface area contributed by atoms with E-state index in [9.17, 15) is 4.79 Å². The number of benzene rings is 1. The summed E-state index contributed by atoms with van der Waals surface area (Å²) in [6, 6.07) is 13.2. The van der Waals surface area contributed by atoms with Crippen LogP contribution >= 0.6 is 34.2 Å². The maximum absolute atomic E-state index is 12.9. The molecule has 7 heteroatoms. The molecule has 2 atom stereocenters. The first-order valence-corrected chi connectivity index (χ1v) is 9.40. The molecule has 1 aliphatic rings. The molecule has 0 amide bonds. The summed E-state index contributed by atoms with van der Waals surface area (Å²) in [5, 5.41) is 4.71. The monoisotopic (exact) mass is 467 g/mol. The average Bonchev–Trinajstić information content (AvgIpc) is 3.19. The fourth-order valence-electron chi connectivity index (χ4n) is 3.17. The van der Waals surface area contributed by atoms with Crippen LogP contribution in [0.2, 0.25) is 5.15 Å². The SMILES string of the molecule is C[C@H]1C[C@]1(C(=O)OCc1ccccc1)c1nc(I)c2ccc(Cl)nn12. The molecule has 0 bridgehead atoms. The summed E-state index contributed by atoms with van der Waals surface area (Å²) >= 11 is 8.20. The average molecular weight is 468 g/mol. The van der Waals surface area contributed by atoms with Crippen LogP contribution in [0, 0.1) is 9.62 Å². The largest absolute Gasteiger partial charge is 0.460 e. The van der Waals surface area contributed by atoms with E-state index in [1.54, 1.807) is 10.6 Å². The lowest BCUT2D eigenvalue weighted by atomic mass is 10.0. The number of halogens is 2. The molecule has 4 rings (SSSR count). The number of carbonyl (C=O) groups is 1. The summed E-state index contributed by atoms with van der Waals surface area (Å²) in [6.07, 6.45) is 0.698. The predicted molar refractivity (Wildman–Crippen MR) is 102 cm³/mol. The van der Waals surface area contributed by atoms with Gasteiger partial charge in [-0.2, -0.15) is 5.10 Å². The number of fused-ring (bicyclic) bond motifs is 1. The molecule has 1 aromatic carbocycles. The van der Waals surface area contributed by atoms with Crippen LogP contribution in [0.3, 0.4) is 0 Å². The van der Waals surface area contributed by atoms with E-state index in [2.05, 4.69) is 32.7 Å². The lowest BCUT2D eigenvalue weighted by molar-refractivity contribution is -0.148. The molecule has 128 valence electrons. The molecule has 5 nitrogen and oxygen atoms in total. The van der Waals surface area contributed by atoms with Crippen molar-refractivity contribution >= 4 is 45.7 Å². The van der Waals surface area contributed by atoms with Gasteiger partial charge in [0.1, 0.15) is 26.7 Å². The predicted octanol–water partition coefficient (Wildman–Crippen LogP) is 4.01. The van der Waals surface area contributed by atoms with Crippen molar-refractivity contribution in [3.8, 4) is 0 Å². The molecule has 3 aromatic rings. The van der Waals surface area contributed by atoms with Gasteiger partial charge in [0.15, 0.2) is 0 Å². The summed E-state index contributed by atoms with van der Waals surface area (Å²) < 4.78 is 8.09. The molecule has 0 N–H and O–H groups in total. The molecule has 1 aliphatic carbocycles. The summed E-state index contributed by atoms with van der Waals surface area (Å²) in [7, 11) is 0. The molecule has 0 radical (unpaired) electrons. The highest BCUT2D eigenvalue weighted by Gasteiger charge is 2.63. The minimum absolute atomic E-state index is 0.151. The highest BCUT2D eigenvalue weighted by molar-refractivity contribution is 14.1. The summed E-state index contributed by atoms with van der Waals surface area (Å²) in [4.78, 5) is 17.5. The fourth-order valence-corrected chi connectivity index (χ4v) is 3.94. The van der Waals surface area contributed by atoms with Gasteiger partial charge in [-0.25, -0.2) is 9.50 Å². The van der Waals surface area contributed by atoms with Crippen LogP contribution < -0.4 is 0 Å². The number of rotatable bonds is 4.